The molecule has 2 aliphatic rings. The van der Waals surface area contributed by atoms with Crippen molar-refractivity contribution in [2.75, 3.05) is 31.6 Å². The molecule has 2 aliphatic heterocycles. The van der Waals surface area contributed by atoms with Crippen molar-refractivity contribution >= 4 is 11.6 Å². The number of anilines is 1. The van der Waals surface area contributed by atoms with Gasteiger partial charge in [-0.05, 0) is 56.3 Å². The molecule has 2 fully saturated rings. The Hall–Kier alpha value is -1.67. The molecule has 2 saturated heterocycles. The molecule has 0 unspecified atom stereocenters. The predicted molar refractivity (Wildman–Crippen MR) is 88.2 cm³/mol. The highest BCUT2D eigenvalue weighted by atomic mass is 19.4. The SMILES string of the molecule is O=C(Nc1ccc(C(F)(F)F)c(F)c1)[C@@H]1CCCN1CC1CCOCC1. The Labute approximate surface area is 149 Å². The van der Waals surface area contributed by atoms with Crippen molar-refractivity contribution in [3.05, 3.63) is 29.6 Å². The minimum Gasteiger partial charge on any atom is -0.381 e. The lowest BCUT2D eigenvalue weighted by Gasteiger charge is -2.30. The Bertz CT molecular complexity index is 645. The standard InChI is InChI=1S/C18H22F4N2O2/c19-15-10-13(3-4-14(15)18(20,21)22)23-17(25)16-2-1-7-24(16)11-12-5-8-26-9-6-12/h3-4,10,12,16H,1-2,5-9,11H2,(H,23,25)/t16-/m0/s1. The van der Waals surface area contributed by atoms with Gasteiger partial charge in [-0.2, -0.15) is 13.2 Å². The smallest absolute Gasteiger partial charge is 0.381 e. The fourth-order valence-corrected chi connectivity index (χ4v) is 3.65. The molecule has 1 amide bonds. The summed E-state index contributed by atoms with van der Waals surface area (Å²) in [6.07, 6.45) is -1.23. The van der Waals surface area contributed by atoms with Gasteiger partial charge in [0.2, 0.25) is 5.91 Å². The van der Waals surface area contributed by atoms with Crippen molar-refractivity contribution < 1.29 is 27.1 Å². The lowest BCUT2D eigenvalue weighted by molar-refractivity contribution is -0.140. The number of halogens is 4. The van der Waals surface area contributed by atoms with Gasteiger partial charge in [0.15, 0.2) is 0 Å². The Kier molecular flexibility index (Phi) is 5.82. The largest absolute Gasteiger partial charge is 0.419 e. The lowest BCUT2D eigenvalue weighted by Crippen LogP contribution is -2.42. The Morgan fingerprint density at radius 2 is 1.96 bits per heavy atom. The van der Waals surface area contributed by atoms with Gasteiger partial charge in [-0.25, -0.2) is 4.39 Å². The number of hydrogen-bond acceptors (Lipinski definition) is 3. The van der Waals surface area contributed by atoms with E-state index < -0.39 is 17.6 Å². The number of alkyl halides is 3. The second-order valence-electron chi connectivity index (χ2n) is 6.89. The summed E-state index contributed by atoms with van der Waals surface area (Å²) >= 11 is 0. The zero-order valence-electron chi connectivity index (χ0n) is 14.3. The van der Waals surface area contributed by atoms with Crippen LogP contribution in [-0.2, 0) is 15.7 Å². The van der Waals surface area contributed by atoms with Crippen molar-refractivity contribution in [2.24, 2.45) is 5.92 Å². The van der Waals surface area contributed by atoms with Crippen molar-refractivity contribution in [2.45, 2.75) is 37.9 Å². The lowest BCUT2D eigenvalue weighted by atomic mass is 9.99. The van der Waals surface area contributed by atoms with E-state index in [9.17, 15) is 22.4 Å². The van der Waals surface area contributed by atoms with Gasteiger partial charge in [-0.15, -0.1) is 0 Å². The molecule has 4 nitrogen and oxygen atoms in total. The number of benzene rings is 1. The first-order chi connectivity index (χ1) is 12.3. The van der Waals surface area contributed by atoms with Crippen molar-refractivity contribution in [1.82, 2.24) is 4.90 Å². The first-order valence-corrected chi connectivity index (χ1v) is 8.84. The molecular weight excluding hydrogens is 352 g/mol. The second kappa shape index (κ2) is 7.92. The number of nitrogens with one attached hydrogen (secondary N) is 1. The van der Waals surface area contributed by atoms with E-state index in [1.54, 1.807) is 0 Å². The quantitative estimate of drug-likeness (QED) is 0.818. The maximum atomic E-state index is 13.7. The van der Waals surface area contributed by atoms with E-state index in [4.69, 9.17) is 4.74 Å². The number of amides is 1. The number of nitrogens with zero attached hydrogens (tertiary/aromatic N) is 1. The molecule has 0 radical (unpaired) electrons. The summed E-state index contributed by atoms with van der Waals surface area (Å²) in [6, 6.07) is 2.13. The summed E-state index contributed by atoms with van der Waals surface area (Å²) in [5.41, 5.74) is -1.30. The van der Waals surface area contributed by atoms with E-state index in [1.807, 2.05) is 0 Å². The van der Waals surface area contributed by atoms with Crippen LogP contribution in [0.25, 0.3) is 0 Å². The van der Waals surface area contributed by atoms with E-state index in [0.717, 1.165) is 57.7 Å². The Balaban J connectivity index is 1.62. The zero-order chi connectivity index (χ0) is 18.7. The van der Waals surface area contributed by atoms with E-state index >= 15 is 0 Å². The minimum atomic E-state index is -4.75. The van der Waals surface area contributed by atoms with Crippen LogP contribution in [0.4, 0.5) is 23.2 Å². The summed E-state index contributed by atoms with van der Waals surface area (Å²) < 4.78 is 56.9. The average molecular weight is 374 g/mol. The number of carbonyl (C=O) groups is 1. The second-order valence-corrected chi connectivity index (χ2v) is 6.89. The third-order valence-corrected chi connectivity index (χ3v) is 5.04. The highest BCUT2D eigenvalue weighted by molar-refractivity contribution is 5.95. The van der Waals surface area contributed by atoms with Crippen molar-refractivity contribution in [3.63, 3.8) is 0 Å². The molecule has 0 spiro atoms. The van der Waals surface area contributed by atoms with Gasteiger partial charge in [0, 0.05) is 25.4 Å². The predicted octanol–water partition coefficient (Wildman–Crippen LogP) is 3.67. The van der Waals surface area contributed by atoms with Crippen molar-refractivity contribution in [3.8, 4) is 0 Å². The van der Waals surface area contributed by atoms with Crippen LogP contribution in [0.5, 0.6) is 0 Å². The molecule has 0 bridgehead atoms. The van der Waals surface area contributed by atoms with E-state index in [0.29, 0.717) is 18.4 Å². The van der Waals surface area contributed by atoms with Crippen LogP contribution in [0, 0.1) is 11.7 Å². The number of ether oxygens (including phenoxy) is 1. The summed E-state index contributed by atoms with van der Waals surface area (Å²) in [7, 11) is 0. The van der Waals surface area contributed by atoms with Gasteiger partial charge in [-0.3, -0.25) is 9.69 Å². The maximum Gasteiger partial charge on any atom is 0.419 e. The van der Waals surface area contributed by atoms with Crippen LogP contribution >= 0.6 is 0 Å². The van der Waals surface area contributed by atoms with Crippen molar-refractivity contribution in [1.29, 1.82) is 0 Å². The van der Waals surface area contributed by atoms with Gasteiger partial charge < -0.3 is 10.1 Å². The first-order valence-electron chi connectivity index (χ1n) is 8.84. The number of likely N-dealkylation sites (tertiary alicyclic amines) is 1. The highest BCUT2D eigenvalue weighted by Crippen LogP contribution is 2.32. The fraction of sp³-hybridized carbons (Fsp3) is 0.611. The van der Waals surface area contributed by atoms with Crippen LogP contribution in [0.15, 0.2) is 18.2 Å². The van der Waals surface area contributed by atoms with Crippen LogP contribution in [-0.4, -0.2) is 43.2 Å². The summed E-state index contributed by atoms with van der Waals surface area (Å²) in [5, 5.41) is 2.56. The molecule has 144 valence electrons. The summed E-state index contributed by atoms with van der Waals surface area (Å²) in [6.45, 7) is 3.10. The monoisotopic (exact) mass is 374 g/mol. The molecule has 1 aromatic rings. The molecule has 0 aliphatic carbocycles. The van der Waals surface area contributed by atoms with Crippen LogP contribution < -0.4 is 5.32 Å². The van der Waals surface area contributed by atoms with Gasteiger partial charge in [0.05, 0.1) is 11.6 Å². The third kappa shape index (κ3) is 4.54. The highest BCUT2D eigenvalue weighted by Gasteiger charge is 2.35. The van der Waals surface area contributed by atoms with E-state index in [1.165, 1.54) is 0 Å². The molecule has 1 N–H and O–H groups in total. The number of rotatable bonds is 4. The maximum absolute atomic E-state index is 13.7. The third-order valence-electron chi connectivity index (χ3n) is 5.04. The molecular formula is C18H22F4N2O2. The van der Waals surface area contributed by atoms with Gasteiger partial charge in [0.1, 0.15) is 5.82 Å². The Morgan fingerprint density at radius 3 is 2.62 bits per heavy atom. The van der Waals surface area contributed by atoms with Gasteiger partial charge >= 0.3 is 6.18 Å². The molecule has 8 heteroatoms. The van der Waals surface area contributed by atoms with E-state index in [2.05, 4.69) is 10.2 Å². The molecule has 2 heterocycles. The first kappa shape index (κ1) is 19.1. The van der Waals surface area contributed by atoms with E-state index in [-0.39, 0.29) is 17.6 Å². The van der Waals surface area contributed by atoms with Gasteiger partial charge in [0.25, 0.3) is 0 Å². The Morgan fingerprint density at radius 1 is 1.23 bits per heavy atom. The fourth-order valence-electron chi connectivity index (χ4n) is 3.65. The molecule has 26 heavy (non-hydrogen) atoms. The molecule has 3 rings (SSSR count). The molecule has 0 saturated carbocycles. The van der Waals surface area contributed by atoms with Gasteiger partial charge in [-0.1, -0.05) is 0 Å². The molecule has 1 atom stereocenters. The van der Waals surface area contributed by atoms with Crippen LogP contribution in [0.3, 0.4) is 0 Å². The molecule has 0 aromatic heterocycles. The van der Waals surface area contributed by atoms with Crippen LogP contribution in [0.2, 0.25) is 0 Å². The number of hydrogen-bond donors (Lipinski definition) is 1. The van der Waals surface area contributed by atoms with Crippen LogP contribution in [0.1, 0.15) is 31.2 Å². The summed E-state index contributed by atoms with van der Waals surface area (Å²) in [5.74, 6) is -1.20. The summed E-state index contributed by atoms with van der Waals surface area (Å²) in [4.78, 5) is 14.7. The topological polar surface area (TPSA) is 41.6 Å². The zero-order valence-corrected chi connectivity index (χ0v) is 14.3. The minimum absolute atomic E-state index is 0.0402. The average Bonchev–Trinajstić information content (AvgIpc) is 3.03. The molecule has 1 aromatic carbocycles. The normalized spacial score (nSPS) is 22.5. The number of carbonyl (C=O) groups excluding carboxylic acids is 1.